The van der Waals surface area contributed by atoms with Gasteiger partial charge in [0.05, 0.1) is 17.0 Å². The molecule has 0 saturated carbocycles. The molecular formula is C50H53N7O7S. The Hall–Kier alpha value is -7.00. The molecule has 0 unspecified atom stereocenters. The molecule has 2 aliphatic rings. The van der Waals surface area contributed by atoms with Gasteiger partial charge in [0, 0.05) is 47.6 Å². The van der Waals surface area contributed by atoms with Gasteiger partial charge in [0.1, 0.15) is 23.1 Å². The number of hydrogen-bond donors (Lipinski definition) is 4. The van der Waals surface area contributed by atoms with Crippen molar-refractivity contribution in [2.75, 3.05) is 18.4 Å². The summed E-state index contributed by atoms with van der Waals surface area (Å²) in [6.45, 7) is 7.93. The lowest BCUT2D eigenvalue weighted by atomic mass is 10.0. The second kappa shape index (κ2) is 19.4. The van der Waals surface area contributed by atoms with E-state index in [9.17, 15) is 29.1 Å². The van der Waals surface area contributed by atoms with Crippen LogP contribution >= 0.6 is 11.3 Å². The van der Waals surface area contributed by atoms with Crippen LogP contribution in [0.15, 0.2) is 115 Å². The van der Waals surface area contributed by atoms with Crippen molar-refractivity contribution in [3.63, 3.8) is 0 Å². The minimum Gasteiger partial charge on any atom is -0.465 e. The molecular weight excluding hydrogens is 843 g/mol. The summed E-state index contributed by atoms with van der Waals surface area (Å²) < 4.78 is 5.29. The molecule has 15 heteroatoms. The van der Waals surface area contributed by atoms with E-state index in [2.05, 4.69) is 15.6 Å². The van der Waals surface area contributed by atoms with Crippen molar-refractivity contribution in [2.24, 2.45) is 0 Å². The van der Waals surface area contributed by atoms with Crippen LogP contribution in [0.2, 0.25) is 0 Å². The van der Waals surface area contributed by atoms with Gasteiger partial charge in [0.2, 0.25) is 5.91 Å². The SMILES string of the molecule is CC(C)OC(=O)N[C@@H](C(=O)N1CCC[C@H]1C(=O)Nc1ccc2[nH]c(-c3ccc(-c4cnc([C@@H]5CCCN5C(=O)[C@@H](c5ccccc5)N(C(=O)O)C(C)C)s4)cc3)cc2c1)c1ccccc1. The number of carbonyl (C=O) groups excluding carboxylic acids is 4. The van der Waals surface area contributed by atoms with Gasteiger partial charge in [0.25, 0.3) is 11.8 Å². The molecule has 8 rings (SSSR count). The average Bonchev–Trinajstić information content (AvgIpc) is 4.14. The molecule has 2 fully saturated rings. The first-order valence-corrected chi connectivity index (χ1v) is 22.9. The number of rotatable bonds is 13. The Morgan fingerprint density at radius 3 is 2.14 bits per heavy atom. The molecule has 5 amide bonds. The number of amides is 5. The third-order valence-electron chi connectivity index (χ3n) is 11.9. The van der Waals surface area contributed by atoms with E-state index in [4.69, 9.17) is 9.72 Å². The van der Waals surface area contributed by atoms with Crippen LogP contribution in [0.5, 0.6) is 0 Å². The number of nitrogens with zero attached hydrogens (tertiary/aromatic N) is 4. The highest BCUT2D eigenvalue weighted by Crippen LogP contribution is 2.40. The molecule has 0 spiro atoms. The Bertz CT molecular complexity index is 2670. The van der Waals surface area contributed by atoms with Crippen molar-refractivity contribution in [3.8, 4) is 21.7 Å². The first-order valence-electron chi connectivity index (χ1n) is 22.1. The van der Waals surface area contributed by atoms with Crippen LogP contribution < -0.4 is 10.6 Å². The quantitative estimate of drug-likeness (QED) is 0.0886. The van der Waals surface area contributed by atoms with Crippen molar-refractivity contribution in [1.29, 1.82) is 0 Å². The number of thiazole rings is 1. The summed E-state index contributed by atoms with van der Waals surface area (Å²) in [5.41, 5.74) is 5.56. The Kier molecular flexibility index (Phi) is 13.3. The maximum absolute atomic E-state index is 14.3. The highest BCUT2D eigenvalue weighted by molar-refractivity contribution is 7.15. The predicted molar refractivity (Wildman–Crippen MR) is 250 cm³/mol. The fourth-order valence-electron chi connectivity index (χ4n) is 8.88. The number of hydrogen-bond acceptors (Lipinski definition) is 8. The summed E-state index contributed by atoms with van der Waals surface area (Å²) in [5, 5.41) is 17.6. The summed E-state index contributed by atoms with van der Waals surface area (Å²) >= 11 is 1.54. The van der Waals surface area contributed by atoms with Gasteiger partial charge in [-0.15, -0.1) is 11.3 Å². The molecule has 2 saturated heterocycles. The Morgan fingerprint density at radius 1 is 0.800 bits per heavy atom. The largest absolute Gasteiger partial charge is 0.465 e. The zero-order valence-corrected chi connectivity index (χ0v) is 37.6. The van der Waals surface area contributed by atoms with Crippen LogP contribution in [0.4, 0.5) is 15.3 Å². The van der Waals surface area contributed by atoms with E-state index in [0.29, 0.717) is 42.7 Å². The number of carbonyl (C=O) groups is 5. The second-order valence-corrected chi connectivity index (χ2v) is 18.1. The Morgan fingerprint density at radius 2 is 1.46 bits per heavy atom. The van der Waals surface area contributed by atoms with Crippen molar-refractivity contribution in [2.45, 2.75) is 89.7 Å². The molecule has 4 heterocycles. The smallest absolute Gasteiger partial charge is 0.408 e. The van der Waals surface area contributed by atoms with E-state index in [-0.39, 0.29) is 29.9 Å². The van der Waals surface area contributed by atoms with Gasteiger partial charge in [-0.3, -0.25) is 19.3 Å². The fraction of sp³-hybridized carbons (Fsp3) is 0.320. The van der Waals surface area contributed by atoms with E-state index in [1.807, 2.05) is 79.0 Å². The fourth-order valence-corrected chi connectivity index (χ4v) is 9.95. The molecule has 65 heavy (non-hydrogen) atoms. The zero-order valence-electron chi connectivity index (χ0n) is 36.8. The summed E-state index contributed by atoms with van der Waals surface area (Å²) in [5.74, 6) is -0.923. The highest BCUT2D eigenvalue weighted by Gasteiger charge is 2.42. The van der Waals surface area contributed by atoms with Crippen molar-refractivity contribution < 1.29 is 33.8 Å². The highest BCUT2D eigenvalue weighted by atomic mass is 32.1. The van der Waals surface area contributed by atoms with E-state index in [1.165, 1.54) is 16.2 Å². The molecule has 2 aromatic heterocycles. The normalized spacial score (nSPS) is 17.0. The number of aromatic amines is 1. The first kappa shape index (κ1) is 44.6. The molecule has 4 aromatic carbocycles. The van der Waals surface area contributed by atoms with Crippen LogP contribution in [-0.2, 0) is 19.1 Å². The topological polar surface area (TPSA) is 177 Å². The monoisotopic (exact) mass is 895 g/mol. The molecule has 336 valence electrons. The van der Waals surface area contributed by atoms with Crippen LogP contribution in [0.25, 0.3) is 32.6 Å². The summed E-state index contributed by atoms with van der Waals surface area (Å²) in [6.07, 6.45) is 2.29. The number of ether oxygens (including phenoxy) is 1. The summed E-state index contributed by atoms with van der Waals surface area (Å²) in [6, 6.07) is 30.5. The van der Waals surface area contributed by atoms with E-state index < -0.39 is 36.4 Å². The third kappa shape index (κ3) is 9.75. The minimum absolute atomic E-state index is 0.246. The van der Waals surface area contributed by atoms with E-state index >= 15 is 0 Å². The number of likely N-dealkylation sites (tertiary alicyclic amines) is 2. The van der Waals surface area contributed by atoms with Gasteiger partial charge in [-0.1, -0.05) is 84.9 Å². The average molecular weight is 896 g/mol. The van der Waals surface area contributed by atoms with E-state index in [0.717, 1.165) is 50.5 Å². The zero-order chi connectivity index (χ0) is 45.8. The van der Waals surface area contributed by atoms with Gasteiger partial charge in [-0.05, 0) is 99.9 Å². The lowest BCUT2D eigenvalue weighted by Crippen LogP contribution is -2.48. The predicted octanol–water partition coefficient (Wildman–Crippen LogP) is 9.56. The lowest BCUT2D eigenvalue weighted by Gasteiger charge is -2.36. The maximum Gasteiger partial charge on any atom is 0.408 e. The van der Waals surface area contributed by atoms with Crippen molar-refractivity contribution in [3.05, 3.63) is 132 Å². The van der Waals surface area contributed by atoms with Gasteiger partial charge in [-0.2, -0.15) is 0 Å². The number of aromatic nitrogens is 2. The molecule has 2 aliphatic heterocycles. The molecule has 0 bridgehead atoms. The van der Waals surface area contributed by atoms with Crippen LogP contribution in [0, 0.1) is 0 Å². The second-order valence-electron chi connectivity index (χ2n) is 17.0. The lowest BCUT2D eigenvalue weighted by molar-refractivity contribution is -0.138. The molecule has 0 aliphatic carbocycles. The van der Waals surface area contributed by atoms with Crippen LogP contribution in [0.1, 0.15) is 87.6 Å². The van der Waals surface area contributed by atoms with Gasteiger partial charge >= 0.3 is 12.2 Å². The van der Waals surface area contributed by atoms with Crippen LogP contribution in [0.3, 0.4) is 0 Å². The third-order valence-corrected chi connectivity index (χ3v) is 13.1. The molecule has 14 nitrogen and oxygen atoms in total. The van der Waals surface area contributed by atoms with Gasteiger partial charge in [0.15, 0.2) is 0 Å². The summed E-state index contributed by atoms with van der Waals surface area (Å²) in [4.78, 5) is 81.0. The summed E-state index contributed by atoms with van der Waals surface area (Å²) in [7, 11) is 0. The first-order chi connectivity index (χ1) is 31.4. The number of carboxylic acid groups (broad SMARTS) is 1. The molecule has 4 atom stereocenters. The number of anilines is 1. The molecule has 0 radical (unpaired) electrons. The van der Waals surface area contributed by atoms with Crippen molar-refractivity contribution in [1.82, 2.24) is 30.0 Å². The molecule has 4 N–H and O–H groups in total. The number of nitrogens with one attached hydrogen (secondary N) is 3. The Labute approximate surface area is 381 Å². The maximum atomic E-state index is 14.3. The number of benzene rings is 4. The Balaban J connectivity index is 0.939. The van der Waals surface area contributed by atoms with Crippen LogP contribution in [-0.4, -0.2) is 91.0 Å². The minimum atomic E-state index is -1.14. The standard InChI is InChI=1S/C50H53N7O7S/c1-30(2)57(50(62)63)44(35-15-9-6-10-16-35)48(60)56-26-12-18-41(56)46-51-29-42(65-46)33-21-19-32(20-22-33)39-28-36-27-37(23-24-38(36)53-39)52-45(58)40-17-11-25-55(40)47(59)43(34-13-7-5-8-14-34)54-49(61)64-31(3)4/h5-10,13-16,19-24,27-31,40-41,43-44,53H,11-12,17-18,25-26H2,1-4H3,(H,52,58)(H,54,61)(H,62,63)/t40-,41-,43+,44+/m0/s1. The molecule has 6 aromatic rings. The van der Waals surface area contributed by atoms with E-state index in [1.54, 1.807) is 73.9 Å². The number of fused-ring (bicyclic) bond motifs is 1. The van der Waals surface area contributed by atoms with Gasteiger partial charge < -0.3 is 35.3 Å². The number of H-pyrrole nitrogens is 1. The van der Waals surface area contributed by atoms with Crippen molar-refractivity contribution >= 4 is 57.8 Å². The van der Waals surface area contributed by atoms with Gasteiger partial charge in [-0.25, -0.2) is 14.6 Å². The number of alkyl carbamates (subject to hydrolysis) is 1.